The van der Waals surface area contributed by atoms with Gasteiger partial charge in [-0.1, -0.05) is 20.8 Å². The minimum Gasteiger partial charge on any atom is -0.458 e. The van der Waals surface area contributed by atoms with E-state index in [0.717, 1.165) is 7.11 Å². The van der Waals surface area contributed by atoms with Gasteiger partial charge in [0.15, 0.2) is 0 Å². The van der Waals surface area contributed by atoms with Gasteiger partial charge in [0, 0.05) is 0 Å². The van der Waals surface area contributed by atoms with Gasteiger partial charge in [-0.05, 0) is 19.8 Å². The van der Waals surface area contributed by atoms with E-state index in [4.69, 9.17) is 4.74 Å². The van der Waals surface area contributed by atoms with Crippen molar-refractivity contribution in [3.05, 3.63) is 0 Å². The van der Waals surface area contributed by atoms with Crippen LogP contribution in [-0.4, -0.2) is 32.9 Å². The molecular formula is C11H22O5S. The van der Waals surface area contributed by atoms with Crippen LogP contribution in [0, 0.1) is 5.92 Å². The van der Waals surface area contributed by atoms with Crippen LogP contribution in [0.1, 0.15) is 40.5 Å². The topological polar surface area (TPSA) is 69.7 Å². The van der Waals surface area contributed by atoms with Gasteiger partial charge < -0.3 is 4.74 Å². The lowest BCUT2D eigenvalue weighted by molar-refractivity contribution is -0.161. The predicted octanol–water partition coefficient (Wildman–Crippen LogP) is 1.72. The van der Waals surface area contributed by atoms with Crippen molar-refractivity contribution in [2.75, 3.05) is 12.9 Å². The molecule has 0 aliphatic rings. The maximum Gasteiger partial charge on any atom is 0.309 e. The number of rotatable bonds is 7. The van der Waals surface area contributed by atoms with Crippen LogP contribution in [-0.2, 0) is 23.8 Å². The molecule has 102 valence electrons. The molecule has 0 aromatic heterocycles. The Hall–Kier alpha value is -0.620. The first-order chi connectivity index (χ1) is 7.69. The summed E-state index contributed by atoms with van der Waals surface area (Å²) in [7, 11) is -2.55. The van der Waals surface area contributed by atoms with E-state index < -0.39 is 15.7 Å². The van der Waals surface area contributed by atoms with Crippen LogP contribution in [0.15, 0.2) is 0 Å². The molecule has 0 amide bonds. The summed E-state index contributed by atoms with van der Waals surface area (Å²) < 4.78 is 32.4. The van der Waals surface area contributed by atoms with Gasteiger partial charge in [0.2, 0.25) is 0 Å². The van der Waals surface area contributed by atoms with Crippen LogP contribution < -0.4 is 0 Å². The van der Waals surface area contributed by atoms with E-state index in [0.29, 0.717) is 12.8 Å². The molecule has 0 fully saturated rings. The van der Waals surface area contributed by atoms with Crippen molar-refractivity contribution in [1.29, 1.82) is 0 Å². The summed E-state index contributed by atoms with van der Waals surface area (Å²) in [6, 6.07) is 0. The molecule has 0 aliphatic heterocycles. The lowest BCUT2D eigenvalue weighted by Crippen LogP contribution is -2.40. The molecule has 0 aromatic carbocycles. The summed E-state index contributed by atoms with van der Waals surface area (Å²) in [5.74, 6) is -0.927. The second kappa shape index (κ2) is 6.35. The summed E-state index contributed by atoms with van der Waals surface area (Å²) in [5, 5.41) is 0. The quantitative estimate of drug-likeness (QED) is 0.518. The van der Waals surface area contributed by atoms with Crippen molar-refractivity contribution < 1.29 is 22.1 Å². The molecule has 0 bridgehead atoms. The zero-order chi connectivity index (χ0) is 13.7. The third kappa shape index (κ3) is 5.50. The number of hydrogen-bond acceptors (Lipinski definition) is 5. The third-order valence-corrected chi connectivity index (χ3v) is 4.32. The molecule has 0 saturated heterocycles. The van der Waals surface area contributed by atoms with E-state index in [1.807, 2.05) is 6.92 Å². The van der Waals surface area contributed by atoms with Gasteiger partial charge in [-0.3, -0.25) is 8.98 Å². The Balaban J connectivity index is 4.75. The fourth-order valence-corrected chi connectivity index (χ4v) is 2.28. The van der Waals surface area contributed by atoms with E-state index in [1.165, 1.54) is 0 Å². The van der Waals surface area contributed by atoms with Gasteiger partial charge in [-0.25, -0.2) is 0 Å². The first-order valence-electron chi connectivity index (χ1n) is 5.70. The first-order valence-corrected chi connectivity index (χ1v) is 7.28. The molecule has 0 saturated carbocycles. The average Bonchev–Trinajstić information content (AvgIpc) is 2.27. The van der Waals surface area contributed by atoms with Gasteiger partial charge in [0.1, 0.15) is 11.4 Å². The lowest BCUT2D eigenvalue weighted by atomic mass is 10.1. The van der Waals surface area contributed by atoms with Crippen LogP contribution >= 0.6 is 0 Å². The van der Waals surface area contributed by atoms with Gasteiger partial charge in [-0.2, -0.15) is 8.42 Å². The van der Waals surface area contributed by atoms with Crippen molar-refractivity contribution in [3.63, 3.8) is 0 Å². The molecule has 2 unspecified atom stereocenters. The van der Waals surface area contributed by atoms with Crippen molar-refractivity contribution >= 4 is 16.1 Å². The second-order valence-corrected chi connectivity index (χ2v) is 6.14. The summed E-state index contributed by atoms with van der Waals surface area (Å²) in [5.41, 5.74) is -1.03. The molecular weight excluding hydrogens is 244 g/mol. The van der Waals surface area contributed by atoms with Crippen LogP contribution in [0.25, 0.3) is 0 Å². The molecule has 6 heteroatoms. The molecule has 0 rings (SSSR count). The zero-order valence-electron chi connectivity index (χ0n) is 11.1. The second-order valence-electron chi connectivity index (χ2n) is 4.40. The number of ether oxygens (including phenoxy) is 1. The smallest absolute Gasteiger partial charge is 0.309 e. The SMILES string of the molecule is CCC(C)C(=O)OC(C)(CC)CS(=O)(=O)OC. The fourth-order valence-electron chi connectivity index (χ4n) is 1.15. The van der Waals surface area contributed by atoms with E-state index >= 15 is 0 Å². The van der Waals surface area contributed by atoms with Crippen LogP contribution in [0.2, 0.25) is 0 Å². The number of carbonyl (C=O) groups is 1. The highest BCUT2D eigenvalue weighted by molar-refractivity contribution is 7.86. The Kier molecular flexibility index (Phi) is 6.12. The number of carbonyl (C=O) groups excluding carboxylic acids is 1. The standard InChI is InChI=1S/C11H22O5S/c1-6-9(3)10(12)16-11(4,7-2)8-17(13,14)15-5/h9H,6-8H2,1-5H3. The van der Waals surface area contributed by atoms with E-state index in [1.54, 1.807) is 20.8 Å². The normalized spacial score (nSPS) is 17.2. The Bertz CT molecular complexity index is 349. The summed E-state index contributed by atoms with van der Waals surface area (Å²) >= 11 is 0. The van der Waals surface area contributed by atoms with E-state index in [9.17, 15) is 13.2 Å². The van der Waals surface area contributed by atoms with Gasteiger partial charge in [0.05, 0.1) is 13.0 Å². The molecule has 5 nitrogen and oxygen atoms in total. The maximum atomic E-state index is 11.7. The summed E-state index contributed by atoms with van der Waals surface area (Å²) in [4.78, 5) is 11.7. The molecule has 0 N–H and O–H groups in total. The lowest BCUT2D eigenvalue weighted by Gasteiger charge is -2.28. The Morgan fingerprint density at radius 3 is 2.24 bits per heavy atom. The molecule has 0 aliphatic carbocycles. The highest BCUT2D eigenvalue weighted by atomic mass is 32.2. The van der Waals surface area contributed by atoms with E-state index in [2.05, 4.69) is 4.18 Å². The first kappa shape index (κ1) is 16.4. The highest BCUT2D eigenvalue weighted by Gasteiger charge is 2.34. The minimum absolute atomic E-state index is 0.230. The van der Waals surface area contributed by atoms with Gasteiger partial charge in [-0.15, -0.1) is 0 Å². The van der Waals surface area contributed by atoms with Crippen molar-refractivity contribution in [2.45, 2.75) is 46.1 Å². The highest BCUT2D eigenvalue weighted by Crippen LogP contribution is 2.21. The number of hydrogen-bond donors (Lipinski definition) is 0. The Morgan fingerprint density at radius 2 is 1.88 bits per heavy atom. The number of esters is 1. The average molecular weight is 266 g/mol. The molecule has 0 radical (unpaired) electrons. The van der Waals surface area contributed by atoms with Crippen LogP contribution in [0.4, 0.5) is 0 Å². The Morgan fingerprint density at radius 1 is 1.35 bits per heavy atom. The van der Waals surface area contributed by atoms with Gasteiger partial charge in [0.25, 0.3) is 10.1 Å². The maximum absolute atomic E-state index is 11.7. The van der Waals surface area contributed by atoms with Crippen molar-refractivity contribution in [2.24, 2.45) is 5.92 Å². The molecule has 17 heavy (non-hydrogen) atoms. The van der Waals surface area contributed by atoms with Crippen LogP contribution in [0.5, 0.6) is 0 Å². The van der Waals surface area contributed by atoms with Crippen molar-refractivity contribution in [3.8, 4) is 0 Å². The van der Waals surface area contributed by atoms with Crippen molar-refractivity contribution in [1.82, 2.24) is 0 Å². The monoisotopic (exact) mass is 266 g/mol. The largest absolute Gasteiger partial charge is 0.458 e. The summed E-state index contributed by atoms with van der Waals surface area (Å²) in [6.45, 7) is 7.00. The summed E-state index contributed by atoms with van der Waals surface area (Å²) in [6.07, 6.45) is 1.08. The minimum atomic E-state index is -3.64. The third-order valence-electron chi connectivity index (χ3n) is 2.85. The zero-order valence-corrected chi connectivity index (χ0v) is 12.0. The molecule has 0 spiro atoms. The Labute approximate surface area is 104 Å². The van der Waals surface area contributed by atoms with Gasteiger partial charge >= 0.3 is 5.97 Å². The van der Waals surface area contributed by atoms with E-state index in [-0.39, 0.29) is 17.6 Å². The van der Waals surface area contributed by atoms with Crippen LogP contribution in [0.3, 0.4) is 0 Å². The fraction of sp³-hybridized carbons (Fsp3) is 0.909. The molecule has 2 atom stereocenters. The molecule has 0 heterocycles. The molecule has 0 aromatic rings. The predicted molar refractivity (Wildman–Crippen MR) is 65.0 cm³/mol.